The molecule has 0 atom stereocenters. The van der Waals surface area contributed by atoms with Crippen molar-refractivity contribution in [1.29, 1.82) is 0 Å². The Balaban J connectivity index is 2.29. The molecule has 0 amide bonds. The second-order valence-electron chi connectivity index (χ2n) is 4.23. The van der Waals surface area contributed by atoms with Crippen molar-refractivity contribution in [3.05, 3.63) is 36.0 Å². The number of hydrogen-bond acceptors (Lipinski definition) is 5. The van der Waals surface area contributed by atoms with Crippen LogP contribution in [0.5, 0.6) is 5.75 Å². The SMILES string of the molecule is COc1ccc(N)cc1-c1nnc2ccc(C)nn12. The fourth-order valence-corrected chi connectivity index (χ4v) is 1.95. The highest BCUT2D eigenvalue weighted by molar-refractivity contribution is 5.70. The Hall–Kier alpha value is -2.63. The summed E-state index contributed by atoms with van der Waals surface area (Å²) < 4.78 is 7.03. The van der Waals surface area contributed by atoms with Crippen LogP contribution in [0.4, 0.5) is 5.69 Å². The third-order valence-corrected chi connectivity index (χ3v) is 2.86. The minimum Gasteiger partial charge on any atom is -0.496 e. The highest BCUT2D eigenvalue weighted by Crippen LogP contribution is 2.30. The van der Waals surface area contributed by atoms with Gasteiger partial charge in [0, 0.05) is 5.69 Å². The number of nitrogens with zero attached hydrogens (tertiary/aromatic N) is 4. The van der Waals surface area contributed by atoms with E-state index in [-0.39, 0.29) is 0 Å². The predicted molar refractivity (Wildman–Crippen MR) is 71.9 cm³/mol. The van der Waals surface area contributed by atoms with E-state index >= 15 is 0 Å². The molecule has 0 unspecified atom stereocenters. The Morgan fingerprint density at radius 3 is 2.79 bits per heavy atom. The Bertz CT molecular complexity index is 750. The number of rotatable bonds is 2. The minimum absolute atomic E-state index is 0.614. The number of fused-ring (bicyclic) bond motifs is 1. The molecule has 0 aliphatic heterocycles. The van der Waals surface area contributed by atoms with Gasteiger partial charge < -0.3 is 10.5 Å². The maximum atomic E-state index is 5.83. The lowest BCUT2D eigenvalue weighted by Gasteiger charge is -2.07. The van der Waals surface area contributed by atoms with E-state index in [9.17, 15) is 0 Å². The molecule has 0 aliphatic rings. The van der Waals surface area contributed by atoms with Gasteiger partial charge >= 0.3 is 0 Å². The van der Waals surface area contributed by atoms with Crippen molar-refractivity contribution in [2.45, 2.75) is 6.92 Å². The molecule has 0 spiro atoms. The topological polar surface area (TPSA) is 78.3 Å². The maximum absolute atomic E-state index is 5.83. The molecule has 6 nitrogen and oxygen atoms in total. The zero-order valence-electron chi connectivity index (χ0n) is 10.7. The Kier molecular flexibility index (Phi) is 2.56. The lowest BCUT2D eigenvalue weighted by atomic mass is 10.1. The molecule has 3 rings (SSSR count). The van der Waals surface area contributed by atoms with Crippen molar-refractivity contribution in [3.63, 3.8) is 0 Å². The van der Waals surface area contributed by atoms with Crippen LogP contribution in [0.3, 0.4) is 0 Å². The number of aromatic nitrogens is 4. The van der Waals surface area contributed by atoms with Crippen molar-refractivity contribution in [2.24, 2.45) is 0 Å². The van der Waals surface area contributed by atoms with Crippen LogP contribution in [-0.4, -0.2) is 26.9 Å². The highest BCUT2D eigenvalue weighted by Gasteiger charge is 2.14. The summed E-state index contributed by atoms with van der Waals surface area (Å²) in [7, 11) is 1.61. The normalized spacial score (nSPS) is 10.8. The number of aryl methyl sites for hydroxylation is 1. The van der Waals surface area contributed by atoms with E-state index in [0.717, 1.165) is 11.3 Å². The number of ether oxygens (including phenoxy) is 1. The van der Waals surface area contributed by atoms with Gasteiger partial charge in [0.2, 0.25) is 0 Å². The van der Waals surface area contributed by atoms with Gasteiger partial charge in [-0.15, -0.1) is 10.2 Å². The van der Waals surface area contributed by atoms with Gasteiger partial charge in [-0.05, 0) is 37.3 Å². The van der Waals surface area contributed by atoms with Crippen molar-refractivity contribution >= 4 is 11.3 Å². The summed E-state index contributed by atoms with van der Waals surface area (Å²) in [5.41, 5.74) is 8.81. The molecule has 19 heavy (non-hydrogen) atoms. The summed E-state index contributed by atoms with van der Waals surface area (Å²) >= 11 is 0. The van der Waals surface area contributed by atoms with E-state index in [1.807, 2.05) is 25.1 Å². The molecule has 0 saturated carbocycles. The summed E-state index contributed by atoms with van der Waals surface area (Å²) in [4.78, 5) is 0. The minimum atomic E-state index is 0.614. The first-order valence-electron chi connectivity index (χ1n) is 5.82. The van der Waals surface area contributed by atoms with Crippen LogP contribution in [0.1, 0.15) is 5.69 Å². The molecule has 0 aliphatic carbocycles. The van der Waals surface area contributed by atoms with Crippen molar-refractivity contribution < 1.29 is 4.74 Å². The van der Waals surface area contributed by atoms with Crippen LogP contribution in [-0.2, 0) is 0 Å². The summed E-state index contributed by atoms with van der Waals surface area (Å²) in [6, 6.07) is 9.16. The molecule has 96 valence electrons. The first-order valence-corrected chi connectivity index (χ1v) is 5.82. The standard InChI is InChI=1S/C13H13N5O/c1-8-3-6-12-15-16-13(18(12)17-8)10-7-9(14)4-5-11(10)19-2/h3-7H,14H2,1-2H3. The van der Waals surface area contributed by atoms with Gasteiger partial charge in [-0.2, -0.15) is 9.61 Å². The summed E-state index contributed by atoms with van der Waals surface area (Å²) in [5.74, 6) is 1.30. The number of nitrogen functional groups attached to an aromatic ring is 1. The summed E-state index contributed by atoms with van der Waals surface area (Å²) in [6.45, 7) is 1.92. The monoisotopic (exact) mass is 255 g/mol. The fourth-order valence-electron chi connectivity index (χ4n) is 1.95. The van der Waals surface area contributed by atoms with E-state index in [0.29, 0.717) is 22.9 Å². The number of nitrogens with two attached hydrogens (primary N) is 1. The highest BCUT2D eigenvalue weighted by atomic mass is 16.5. The molecule has 1 aromatic carbocycles. The van der Waals surface area contributed by atoms with Gasteiger partial charge in [-0.1, -0.05) is 0 Å². The molecular weight excluding hydrogens is 242 g/mol. The smallest absolute Gasteiger partial charge is 0.189 e. The van der Waals surface area contributed by atoms with Crippen molar-refractivity contribution in [1.82, 2.24) is 19.8 Å². The Morgan fingerprint density at radius 1 is 1.16 bits per heavy atom. The molecule has 2 heterocycles. The number of methoxy groups -OCH3 is 1. The Labute approximate surface area is 109 Å². The third-order valence-electron chi connectivity index (χ3n) is 2.86. The number of hydrogen-bond donors (Lipinski definition) is 1. The average Bonchev–Trinajstić information content (AvgIpc) is 2.81. The van der Waals surface area contributed by atoms with Crippen LogP contribution in [0.2, 0.25) is 0 Å². The summed E-state index contributed by atoms with van der Waals surface area (Å²) in [6.07, 6.45) is 0. The zero-order chi connectivity index (χ0) is 13.4. The van der Waals surface area contributed by atoms with Crippen LogP contribution in [0.25, 0.3) is 17.0 Å². The lowest BCUT2D eigenvalue weighted by molar-refractivity contribution is 0.416. The summed E-state index contributed by atoms with van der Waals surface area (Å²) in [5, 5.41) is 12.7. The second kappa shape index (κ2) is 4.24. The zero-order valence-corrected chi connectivity index (χ0v) is 10.7. The predicted octanol–water partition coefficient (Wildman–Crippen LogP) is 1.69. The van der Waals surface area contributed by atoms with Gasteiger partial charge in [0.05, 0.1) is 18.4 Å². The Morgan fingerprint density at radius 2 is 2.00 bits per heavy atom. The molecule has 2 N–H and O–H groups in total. The molecule has 0 bridgehead atoms. The molecule has 2 aromatic heterocycles. The van der Waals surface area contributed by atoms with Crippen molar-refractivity contribution in [2.75, 3.05) is 12.8 Å². The van der Waals surface area contributed by atoms with Crippen LogP contribution < -0.4 is 10.5 Å². The van der Waals surface area contributed by atoms with Gasteiger partial charge in [0.25, 0.3) is 0 Å². The van der Waals surface area contributed by atoms with E-state index < -0.39 is 0 Å². The third kappa shape index (κ3) is 1.87. The molecule has 3 aromatic rings. The van der Waals surface area contributed by atoms with Crippen molar-refractivity contribution in [3.8, 4) is 17.1 Å². The molecule has 0 saturated heterocycles. The lowest BCUT2D eigenvalue weighted by Crippen LogP contribution is -1.99. The second-order valence-corrected chi connectivity index (χ2v) is 4.23. The van der Waals surface area contributed by atoms with E-state index in [4.69, 9.17) is 10.5 Å². The van der Waals surface area contributed by atoms with Gasteiger partial charge in [-0.25, -0.2) is 0 Å². The molecular formula is C13H13N5O. The fraction of sp³-hybridized carbons (Fsp3) is 0.154. The van der Waals surface area contributed by atoms with E-state index in [1.54, 1.807) is 23.8 Å². The van der Waals surface area contributed by atoms with E-state index in [1.165, 1.54) is 0 Å². The average molecular weight is 255 g/mol. The molecule has 0 fully saturated rings. The van der Waals surface area contributed by atoms with Gasteiger partial charge in [0.15, 0.2) is 11.5 Å². The molecule has 0 radical (unpaired) electrons. The number of benzene rings is 1. The largest absolute Gasteiger partial charge is 0.496 e. The maximum Gasteiger partial charge on any atom is 0.189 e. The first-order chi connectivity index (χ1) is 9.19. The quantitative estimate of drug-likeness (QED) is 0.705. The van der Waals surface area contributed by atoms with Gasteiger partial charge in [-0.3, -0.25) is 0 Å². The molecule has 6 heteroatoms. The van der Waals surface area contributed by atoms with Crippen LogP contribution in [0.15, 0.2) is 30.3 Å². The first kappa shape index (κ1) is 11.5. The van der Waals surface area contributed by atoms with Crippen LogP contribution >= 0.6 is 0 Å². The van der Waals surface area contributed by atoms with Gasteiger partial charge in [0.1, 0.15) is 5.75 Å². The van der Waals surface area contributed by atoms with E-state index in [2.05, 4.69) is 15.3 Å². The van der Waals surface area contributed by atoms with Crippen LogP contribution in [0, 0.1) is 6.92 Å². The number of anilines is 1.